The lowest BCUT2D eigenvalue weighted by molar-refractivity contribution is 0.207. The van der Waals surface area contributed by atoms with E-state index in [2.05, 4.69) is 29.4 Å². The van der Waals surface area contributed by atoms with Crippen LogP contribution in [-0.4, -0.2) is 34.8 Å². The molecular weight excluding hydrogens is 314 g/mol. The second-order valence-corrected chi connectivity index (χ2v) is 7.62. The van der Waals surface area contributed by atoms with Gasteiger partial charge in [-0.05, 0) is 19.1 Å². The van der Waals surface area contributed by atoms with Crippen LogP contribution >= 0.6 is 23.1 Å². The second-order valence-electron chi connectivity index (χ2n) is 5.17. The Labute approximate surface area is 139 Å². The average Bonchev–Trinajstić information content (AvgIpc) is 2.91. The predicted octanol–water partition coefficient (Wildman–Crippen LogP) is 3.77. The molecule has 2 rings (SSSR count). The fourth-order valence-corrected chi connectivity index (χ4v) is 3.66. The van der Waals surface area contributed by atoms with Crippen molar-refractivity contribution in [3.8, 4) is 0 Å². The van der Waals surface area contributed by atoms with E-state index in [1.165, 1.54) is 4.90 Å². The van der Waals surface area contributed by atoms with Crippen molar-refractivity contribution in [1.29, 1.82) is 0 Å². The molecule has 0 aliphatic carbocycles. The van der Waals surface area contributed by atoms with Crippen molar-refractivity contribution in [2.24, 2.45) is 0 Å². The molecule has 0 unspecified atom stereocenters. The number of hydrogen-bond donors (Lipinski definition) is 1. The first-order valence-corrected chi connectivity index (χ1v) is 8.92. The maximum atomic E-state index is 12.1. The molecule has 0 aliphatic heterocycles. The molecule has 0 spiro atoms. The van der Waals surface area contributed by atoms with Crippen LogP contribution in [0.5, 0.6) is 0 Å². The molecule has 0 saturated carbocycles. The van der Waals surface area contributed by atoms with Crippen molar-refractivity contribution in [3.05, 3.63) is 46.4 Å². The smallest absolute Gasteiger partial charge is 0.317 e. The number of aryl methyl sites for hydroxylation is 1. The third-order valence-electron chi connectivity index (χ3n) is 3.01. The maximum Gasteiger partial charge on any atom is 0.317 e. The molecule has 1 atom stereocenters. The zero-order valence-electron chi connectivity index (χ0n) is 13.1. The van der Waals surface area contributed by atoms with E-state index in [-0.39, 0.29) is 6.03 Å². The van der Waals surface area contributed by atoms with E-state index in [0.29, 0.717) is 18.3 Å². The second kappa shape index (κ2) is 8.19. The summed E-state index contributed by atoms with van der Waals surface area (Å²) in [6.45, 7) is 5.26. The molecule has 1 aromatic carbocycles. The van der Waals surface area contributed by atoms with E-state index < -0.39 is 0 Å². The summed E-state index contributed by atoms with van der Waals surface area (Å²) in [5.74, 6) is 0. The summed E-state index contributed by atoms with van der Waals surface area (Å²) in [5.41, 5.74) is 1.00. The minimum Gasteiger partial charge on any atom is -0.337 e. The summed E-state index contributed by atoms with van der Waals surface area (Å²) in [5, 5.41) is 6.25. The van der Waals surface area contributed by atoms with Crippen LogP contribution in [0.3, 0.4) is 0 Å². The number of carbonyl (C=O) groups excluding carboxylic acids is 1. The maximum absolute atomic E-state index is 12.1. The number of benzene rings is 1. The van der Waals surface area contributed by atoms with Crippen molar-refractivity contribution in [3.63, 3.8) is 0 Å². The molecule has 1 heterocycles. The fraction of sp³-hybridized carbons (Fsp3) is 0.375. The molecule has 0 radical (unpaired) electrons. The van der Waals surface area contributed by atoms with E-state index in [1.807, 2.05) is 30.5 Å². The van der Waals surface area contributed by atoms with Crippen LogP contribution in [0.15, 0.2) is 40.6 Å². The molecule has 1 aromatic heterocycles. The van der Waals surface area contributed by atoms with Gasteiger partial charge in [-0.25, -0.2) is 9.78 Å². The Morgan fingerprint density at radius 3 is 2.77 bits per heavy atom. The number of thioether (sulfide) groups is 1. The number of hydrogen-bond acceptors (Lipinski definition) is 4. The minimum absolute atomic E-state index is 0.0617. The molecule has 22 heavy (non-hydrogen) atoms. The Bertz CT molecular complexity index is 600. The molecule has 4 nitrogen and oxygen atoms in total. The zero-order chi connectivity index (χ0) is 15.9. The third-order valence-corrected chi connectivity index (χ3v) is 5.07. The van der Waals surface area contributed by atoms with Gasteiger partial charge in [0.1, 0.15) is 5.01 Å². The summed E-state index contributed by atoms with van der Waals surface area (Å²) in [4.78, 5) is 19.4. The van der Waals surface area contributed by atoms with Gasteiger partial charge >= 0.3 is 6.03 Å². The van der Waals surface area contributed by atoms with Gasteiger partial charge in [-0.15, -0.1) is 23.1 Å². The van der Waals surface area contributed by atoms with E-state index in [9.17, 15) is 4.79 Å². The van der Waals surface area contributed by atoms with Gasteiger partial charge < -0.3 is 10.2 Å². The van der Waals surface area contributed by atoms with Crippen molar-refractivity contribution in [2.75, 3.05) is 13.6 Å². The summed E-state index contributed by atoms with van der Waals surface area (Å²) >= 11 is 3.35. The van der Waals surface area contributed by atoms with Crippen LogP contribution < -0.4 is 5.32 Å². The summed E-state index contributed by atoms with van der Waals surface area (Å²) < 4.78 is 0. The number of amides is 2. The lowest BCUT2D eigenvalue weighted by Crippen LogP contribution is -2.39. The van der Waals surface area contributed by atoms with Crippen LogP contribution in [-0.2, 0) is 6.54 Å². The monoisotopic (exact) mass is 335 g/mol. The number of thiazole rings is 1. The average molecular weight is 335 g/mol. The van der Waals surface area contributed by atoms with Crippen molar-refractivity contribution < 1.29 is 4.79 Å². The minimum atomic E-state index is -0.0617. The van der Waals surface area contributed by atoms with Gasteiger partial charge in [-0.3, -0.25) is 0 Å². The highest BCUT2D eigenvalue weighted by molar-refractivity contribution is 8.00. The van der Waals surface area contributed by atoms with Gasteiger partial charge in [0.25, 0.3) is 0 Å². The summed E-state index contributed by atoms with van der Waals surface area (Å²) in [6, 6.07) is 10.2. The lowest BCUT2D eigenvalue weighted by atomic mass is 10.4. The Hall–Kier alpha value is -1.53. The SMILES string of the molecule is Cc1csc(CN(C)C(=O)NC[C@H](C)Sc2ccccc2)n1. The predicted molar refractivity (Wildman–Crippen MR) is 93.5 cm³/mol. The van der Waals surface area contributed by atoms with Crippen molar-refractivity contribution >= 4 is 29.1 Å². The molecule has 118 valence electrons. The fourth-order valence-electron chi connectivity index (χ4n) is 1.89. The quantitative estimate of drug-likeness (QED) is 0.817. The Morgan fingerprint density at radius 1 is 1.41 bits per heavy atom. The molecule has 2 amide bonds. The number of nitrogens with one attached hydrogen (secondary N) is 1. The van der Waals surface area contributed by atoms with Gasteiger partial charge in [-0.1, -0.05) is 25.1 Å². The van der Waals surface area contributed by atoms with Crippen LogP contribution in [0.2, 0.25) is 0 Å². The van der Waals surface area contributed by atoms with E-state index >= 15 is 0 Å². The number of nitrogens with zero attached hydrogens (tertiary/aromatic N) is 2. The summed E-state index contributed by atoms with van der Waals surface area (Å²) in [7, 11) is 1.79. The first-order valence-electron chi connectivity index (χ1n) is 7.16. The molecule has 0 saturated heterocycles. The molecule has 2 aromatic rings. The Balaban J connectivity index is 1.74. The van der Waals surface area contributed by atoms with Crippen LogP contribution in [0.4, 0.5) is 4.79 Å². The van der Waals surface area contributed by atoms with Gasteiger partial charge in [0, 0.05) is 34.8 Å². The van der Waals surface area contributed by atoms with Crippen molar-refractivity contribution in [2.45, 2.75) is 30.5 Å². The molecular formula is C16H21N3OS2. The van der Waals surface area contributed by atoms with Gasteiger partial charge in [0.2, 0.25) is 0 Å². The Kier molecular flexibility index (Phi) is 6.27. The van der Waals surface area contributed by atoms with Crippen LogP contribution in [0, 0.1) is 6.92 Å². The van der Waals surface area contributed by atoms with Crippen LogP contribution in [0.25, 0.3) is 0 Å². The Morgan fingerprint density at radius 2 is 2.14 bits per heavy atom. The molecule has 6 heteroatoms. The lowest BCUT2D eigenvalue weighted by Gasteiger charge is -2.18. The normalized spacial score (nSPS) is 12.0. The number of carbonyl (C=O) groups is 1. The molecule has 1 N–H and O–H groups in total. The highest BCUT2D eigenvalue weighted by Gasteiger charge is 2.12. The third kappa shape index (κ3) is 5.35. The zero-order valence-corrected chi connectivity index (χ0v) is 14.7. The van der Waals surface area contributed by atoms with E-state index in [1.54, 1.807) is 35.0 Å². The first kappa shape index (κ1) is 16.8. The number of aromatic nitrogens is 1. The number of rotatable bonds is 6. The standard InChI is InChI=1S/C16H21N3OS2/c1-12-11-21-15(18-12)10-19(3)16(20)17-9-13(2)22-14-7-5-4-6-8-14/h4-8,11,13H,9-10H2,1-3H3,(H,17,20)/t13-/m0/s1. The molecule has 0 aliphatic rings. The molecule has 0 fully saturated rings. The van der Waals surface area contributed by atoms with E-state index in [0.717, 1.165) is 10.7 Å². The number of urea groups is 1. The van der Waals surface area contributed by atoms with Crippen LogP contribution in [0.1, 0.15) is 17.6 Å². The highest BCUT2D eigenvalue weighted by Crippen LogP contribution is 2.22. The first-order chi connectivity index (χ1) is 10.5. The molecule has 0 bridgehead atoms. The van der Waals surface area contributed by atoms with Gasteiger partial charge in [-0.2, -0.15) is 0 Å². The topological polar surface area (TPSA) is 45.2 Å². The van der Waals surface area contributed by atoms with Gasteiger partial charge in [0.15, 0.2) is 0 Å². The van der Waals surface area contributed by atoms with Gasteiger partial charge in [0.05, 0.1) is 6.54 Å². The summed E-state index contributed by atoms with van der Waals surface area (Å²) in [6.07, 6.45) is 0. The van der Waals surface area contributed by atoms with Crippen molar-refractivity contribution in [1.82, 2.24) is 15.2 Å². The highest BCUT2D eigenvalue weighted by atomic mass is 32.2. The largest absolute Gasteiger partial charge is 0.337 e. The van der Waals surface area contributed by atoms with E-state index in [4.69, 9.17) is 0 Å².